The van der Waals surface area contributed by atoms with E-state index < -0.39 is 41.6 Å². The molecule has 1 aromatic heterocycles. The molecule has 2 aromatic rings. The van der Waals surface area contributed by atoms with Crippen LogP contribution in [0.1, 0.15) is 68.8 Å². The number of aliphatic carboxylic acids is 1. The van der Waals surface area contributed by atoms with Crippen LogP contribution in [-0.2, 0) is 20.7 Å². The number of benzene rings is 1. The fourth-order valence-corrected chi connectivity index (χ4v) is 7.38. The second-order valence-electron chi connectivity index (χ2n) is 11.7. The van der Waals surface area contributed by atoms with E-state index in [9.17, 15) is 24.3 Å². The summed E-state index contributed by atoms with van der Waals surface area (Å²) >= 11 is 14.0. The molecule has 3 N–H and O–H groups in total. The Morgan fingerprint density at radius 3 is 2.30 bits per heavy atom. The molecule has 1 saturated carbocycles. The second-order valence-corrected chi connectivity index (χ2v) is 14.2. The summed E-state index contributed by atoms with van der Waals surface area (Å²) < 4.78 is 5.50. The van der Waals surface area contributed by atoms with Crippen molar-refractivity contribution in [3.8, 4) is 0 Å². The van der Waals surface area contributed by atoms with Crippen LogP contribution in [0.4, 0.5) is 10.5 Å². The Morgan fingerprint density at radius 2 is 1.72 bits per heavy atom. The third kappa shape index (κ3) is 8.84. The summed E-state index contributed by atoms with van der Waals surface area (Å²) in [6.45, 7) is 5.58. The van der Waals surface area contributed by atoms with Crippen LogP contribution < -0.4 is 10.6 Å². The van der Waals surface area contributed by atoms with E-state index in [1.165, 1.54) is 38.1 Å². The van der Waals surface area contributed by atoms with Crippen molar-refractivity contribution in [3.05, 3.63) is 57.8 Å². The maximum Gasteiger partial charge on any atom is 0.417 e. The normalized spacial score (nSPS) is 19.6. The number of rotatable bonds is 9. The van der Waals surface area contributed by atoms with Crippen LogP contribution in [0.5, 0.6) is 0 Å². The van der Waals surface area contributed by atoms with Gasteiger partial charge in [0.15, 0.2) is 0 Å². The molecule has 0 bridgehead atoms. The van der Waals surface area contributed by atoms with Crippen LogP contribution >= 0.6 is 35.0 Å². The van der Waals surface area contributed by atoms with Gasteiger partial charge >= 0.3 is 12.1 Å². The highest BCUT2D eigenvalue weighted by Gasteiger charge is 2.43. The highest BCUT2D eigenvalue weighted by atomic mass is 35.5. The van der Waals surface area contributed by atoms with Crippen molar-refractivity contribution in [2.24, 2.45) is 0 Å². The zero-order valence-corrected chi connectivity index (χ0v) is 26.6. The van der Waals surface area contributed by atoms with Gasteiger partial charge in [-0.2, -0.15) is 11.8 Å². The molecule has 1 aromatic carbocycles. The van der Waals surface area contributed by atoms with Crippen molar-refractivity contribution in [1.29, 1.82) is 0 Å². The van der Waals surface area contributed by atoms with E-state index in [0.29, 0.717) is 29.5 Å². The summed E-state index contributed by atoms with van der Waals surface area (Å²) in [5, 5.41) is 17.1. The number of amides is 3. The summed E-state index contributed by atoms with van der Waals surface area (Å²) in [5.74, 6) is -2.50. The lowest BCUT2D eigenvalue weighted by Crippen LogP contribution is -2.56. The number of pyridine rings is 1. The minimum atomic E-state index is -1.51. The number of halogens is 2. The van der Waals surface area contributed by atoms with E-state index in [-0.39, 0.29) is 27.3 Å². The van der Waals surface area contributed by atoms with E-state index >= 15 is 0 Å². The number of carboxylic acid groups (broad SMARTS) is 1. The Bertz CT molecular complexity index is 1330. The zero-order chi connectivity index (χ0) is 31.3. The van der Waals surface area contributed by atoms with Crippen molar-refractivity contribution < 1.29 is 29.0 Å². The molecule has 232 valence electrons. The first kappa shape index (κ1) is 33.0. The Kier molecular flexibility index (Phi) is 11.0. The van der Waals surface area contributed by atoms with E-state index in [1.807, 2.05) is 11.8 Å². The molecule has 1 saturated heterocycles. The van der Waals surface area contributed by atoms with Crippen LogP contribution in [0.3, 0.4) is 0 Å². The number of nitrogens with one attached hydrogen (secondary N) is 2. The van der Waals surface area contributed by atoms with Crippen LogP contribution in [0.2, 0.25) is 10.0 Å². The smallest absolute Gasteiger partial charge is 0.417 e. The highest BCUT2D eigenvalue weighted by molar-refractivity contribution is 8.00. The molecular formula is C30H36Cl2N4O6S. The second kappa shape index (κ2) is 14.3. The molecule has 4 rings (SSSR count). The molecule has 2 aliphatic rings. The van der Waals surface area contributed by atoms with E-state index in [4.69, 9.17) is 27.9 Å². The molecule has 0 radical (unpaired) electrons. The van der Waals surface area contributed by atoms with Crippen molar-refractivity contribution in [1.82, 2.24) is 15.2 Å². The minimum absolute atomic E-state index is 0.0734. The SMILES string of the molecule is CC(C)(C)OC(=O)N(C(=O)[C@@H]1C[C@@H](SC2CCCC2)CN1)[C@@H](Cc1ccc(NC(=O)c2c(Cl)cncc2Cl)cc1)C(=O)O. The fraction of sp³-hybridized carbons (Fsp3) is 0.500. The van der Waals surface area contributed by atoms with Gasteiger partial charge in [0.05, 0.1) is 21.7 Å². The van der Waals surface area contributed by atoms with Gasteiger partial charge in [0.1, 0.15) is 11.6 Å². The Morgan fingerprint density at radius 1 is 1.09 bits per heavy atom. The van der Waals surface area contributed by atoms with E-state index in [0.717, 1.165) is 4.90 Å². The number of carbonyl (C=O) groups is 4. The Hall–Kier alpha value is -2.86. The van der Waals surface area contributed by atoms with Gasteiger partial charge in [-0.15, -0.1) is 0 Å². The summed E-state index contributed by atoms with van der Waals surface area (Å²) in [5.41, 5.74) is 0.0685. The summed E-state index contributed by atoms with van der Waals surface area (Å²) in [6.07, 6.45) is 6.72. The monoisotopic (exact) mass is 650 g/mol. The largest absolute Gasteiger partial charge is 0.480 e. The molecule has 1 aliphatic heterocycles. The molecule has 2 heterocycles. The van der Waals surface area contributed by atoms with Gasteiger partial charge < -0.3 is 20.5 Å². The molecular weight excluding hydrogens is 615 g/mol. The average molecular weight is 652 g/mol. The van der Waals surface area contributed by atoms with Crippen molar-refractivity contribution >= 4 is 64.5 Å². The Labute approximate surface area is 265 Å². The number of anilines is 1. The molecule has 3 amide bonds. The van der Waals surface area contributed by atoms with Crippen LogP contribution in [0, 0.1) is 0 Å². The number of aromatic nitrogens is 1. The number of imide groups is 1. The summed E-state index contributed by atoms with van der Waals surface area (Å²) in [4.78, 5) is 57.0. The Balaban J connectivity index is 1.50. The third-order valence-electron chi connectivity index (χ3n) is 7.22. The third-order valence-corrected chi connectivity index (χ3v) is 9.39. The zero-order valence-electron chi connectivity index (χ0n) is 24.3. The van der Waals surface area contributed by atoms with Gasteiger partial charge in [0.2, 0.25) is 5.91 Å². The predicted molar refractivity (Wildman–Crippen MR) is 167 cm³/mol. The van der Waals surface area contributed by atoms with Gasteiger partial charge in [-0.05, 0) is 57.7 Å². The number of ether oxygens (including phenoxy) is 1. The van der Waals surface area contributed by atoms with Crippen molar-refractivity contribution in [2.75, 3.05) is 11.9 Å². The number of nitrogens with zero attached hydrogens (tertiary/aromatic N) is 2. The van der Waals surface area contributed by atoms with Gasteiger partial charge in [-0.25, -0.2) is 14.5 Å². The quantitative estimate of drug-likeness (QED) is 0.307. The molecule has 3 atom stereocenters. The summed E-state index contributed by atoms with van der Waals surface area (Å²) in [7, 11) is 0. The van der Waals surface area contributed by atoms with Gasteiger partial charge in [0, 0.05) is 41.5 Å². The number of hydrogen-bond donors (Lipinski definition) is 3. The first-order valence-corrected chi connectivity index (χ1v) is 15.9. The molecule has 1 aliphatic carbocycles. The maximum atomic E-state index is 13.8. The molecule has 13 heteroatoms. The minimum Gasteiger partial charge on any atom is -0.480 e. The molecule has 0 spiro atoms. The number of carboxylic acids is 1. The van der Waals surface area contributed by atoms with Crippen molar-refractivity contribution in [3.63, 3.8) is 0 Å². The number of carbonyl (C=O) groups excluding carboxylic acids is 3. The van der Waals surface area contributed by atoms with E-state index in [2.05, 4.69) is 15.6 Å². The van der Waals surface area contributed by atoms with Crippen LogP contribution in [0.15, 0.2) is 36.7 Å². The molecule has 0 unspecified atom stereocenters. The van der Waals surface area contributed by atoms with Gasteiger partial charge in [-0.1, -0.05) is 48.2 Å². The summed E-state index contributed by atoms with van der Waals surface area (Å²) in [6, 6.07) is 4.18. The standard InChI is InChI=1S/C30H36Cl2N4O6S/c1-30(2,3)42-29(41)36(27(38)23-13-20(14-34-23)43-19-6-4-5-7-19)24(28(39)40)12-17-8-10-18(11-9-17)35-26(37)25-21(31)15-33-16-22(25)32/h8-11,15-16,19-20,23-24,34H,4-7,12-14H2,1-3H3,(H,35,37)(H,39,40)/t20-,23+,24+/m1/s1. The first-order valence-electron chi connectivity index (χ1n) is 14.2. The first-order chi connectivity index (χ1) is 20.3. The van der Waals surface area contributed by atoms with Gasteiger partial charge in [0.25, 0.3) is 5.91 Å². The average Bonchev–Trinajstić information content (AvgIpc) is 3.61. The highest BCUT2D eigenvalue weighted by Crippen LogP contribution is 2.35. The van der Waals surface area contributed by atoms with E-state index in [1.54, 1.807) is 45.0 Å². The van der Waals surface area contributed by atoms with Crippen LogP contribution in [-0.4, -0.2) is 73.6 Å². The number of thioether (sulfide) groups is 1. The van der Waals surface area contributed by atoms with Gasteiger partial charge in [-0.3, -0.25) is 14.6 Å². The maximum absolute atomic E-state index is 13.8. The van der Waals surface area contributed by atoms with Crippen molar-refractivity contribution in [2.45, 2.75) is 87.5 Å². The lowest BCUT2D eigenvalue weighted by molar-refractivity contribution is -0.150. The van der Waals surface area contributed by atoms with Crippen LogP contribution in [0.25, 0.3) is 0 Å². The lowest BCUT2D eigenvalue weighted by atomic mass is 10.0. The number of hydrogen-bond acceptors (Lipinski definition) is 8. The molecule has 43 heavy (non-hydrogen) atoms. The molecule has 10 nitrogen and oxygen atoms in total. The fourth-order valence-electron chi connectivity index (χ4n) is 5.20. The lowest BCUT2D eigenvalue weighted by Gasteiger charge is -2.31. The topological polar surface area (TPSA) is 138 Å². The molecule has 2 fully saturated rings. The predicted octanol–water partition coefficient (Wildman–Crippen LogP) is 5.81.